The SMILES string of the molecule is CC1CCNCC(C)(C)C1.Cl. The van der Waals surface area contributed by atoms with Gasteiger partial charge in [-0.15, -0.1) is 12.4 Å². The van der Waals surface area contributed by atoms with Crippen LogP contribution in [0.1, 0.15) is 33.6 Å². The molecule has 1 N–H and O–H groups in total. The Labute approximate surface area is 76.4 Å². The summed E-state index contributed by atoms with van der Waals surface area (Å²) in [4.78, 5) is 0. The maximum atomic E-state index is 3.47. The third-order valence-corrected chi connectivity index (χ3v) is 2.32. The predicted molar refractivity (Wildman–Crippen MR) is 52.3 cm³/mol. The molecule has 1 aliphatic heterocycles. The van der Waals surface area contributed by atoms with Crippen LogP contribution < -0.4 is 5.32 Å². The lowest BCUT2D eigenvalue weighted by molar-refractivity contribution is 0.295. The average Bonchev–Trinajstić information content (AvgIpc) is 1.90. The molecule has 1 heterocycles. The van der Waals surface area contributed by atoms with E-state index in [9.17, 15) is 0 Å². The van der Waals surface area contributed by atoms with Gasteiger partial charge in [0.1, 0.15) is 0 Å². The first-order chi connectivity index (χ1) is 4.60. The van der Waals surface area contributed by atoms with E-state index in [4.69, 9.17) is 0 Å². The summed E-state index contributed by atoms with van der Waals surface area (Å²) in [5, 5.41) is 3.47. The van der Waals surface area contributed by atoms with Crippen LogP contribution in [0.15, 0.2) is 0 Å². The van der Waals surface area contributed by atoms with Crippen molar-refractivity contribution in [2.45, 2.75) is 33.6 Å². The lowest BCUT2D eigenvalue weighted by Crippen LogP contribution is -2.26. The molecule has 0 aromatic rings. The van der Waals surface area contributed by atoms with E-state index >= 15 is 0 Å². The Morgan fingerprint density at radius 1 is 1.36 bits per heavy atom. The zero-order valence-electron chi connectivity index (χ0n) is 7.81. The monoisotopic (exact) mass is 177 g/mol. The van der Waals surface area contributed by atoms with Crippen LogP contribution in [0.4, 0.5) is 0 Å². The maximum Gasteiger partial charge on any atom is 0.000262 e. The first kappa shape index (κ1) is 11.2. The van der Waals surface area contributed by atoms with E-state index in [1.54, 1.807) is 0 Å². The van der Waals surface area contributed by atoms with Crippen molar-refractivity contribution in [3.8, 4) is 0 Å². The lowest BCUT2D eigenvalue weighted by Gasteiger charge is -2.23. The van der Waals surface area contributed by atoms with Gasteiger partial charge in [0.2, 0.25) is 0 Å². The lowest BCUT2D eigenvalue weighted by atomic mass is 9.84. The molecule has 0 aromatic heterocycles. The van der Waals surface area contributed by atoms with Crippen LogP contribution >= 0.6 is 12.4 Å². The summed E-state index contributed by atoms with van der Waals surface area (Å²) in [5.74, 6) is 0.907. The van der Waals surface area contributed by atoms with Crippen LogP contribution in [0.2, 0.25) is 0 Å². The fourth-order valence-electron chi connectivity index (χ4n) is 1.89. The van der Waals surface area contributed by atoms with Crippen molar-refractivity contribution in [2.24, 2.45) is 11.3 Å². The molecule has 1 aliphatic rings. The fourth-order valence-corrected chi connectivity index (χ4v) is 1.89. The summed E-state index contributed by atoms with van der Waals surface area (Å²) in [6, 6.07) is 0. The van der Waals surface area contributed by atoms with Gasteiger partial charge in [0.25, 0.3) is 0 Å². The Bertz CT molecular complexity index is 112. The van der Waals surface area contributed by atoms with E-state index < -0.39 is 0 Å². The molecular formula is C9H20ClN. The molecule has 1 rings (SSSR count). The standard InChI is InChI=1S/C9H19N.ClH/c1-8-4-5-10-7-9(2,3)6-8;/h8,10H,4-7H2,1-3H3;1H. The van der Waals surface area contributed by atoms with Crippen LogP contribution in [-0.4, -0.2) is 13.1 Å². The van der Waals surface area contributed by atoms with Crippen molar-refractivity contribution < 1.29 is 0 Å². The second-order valence-corrected chi connectivity index (χ2v) is 4.44. The van der Waals surface area contributed by atoms with Crippen molar-refractivity contribution in [2.75, 3.05) is 13.1 Å². The van der Waals surface area contributed by atoms with Gasteiger partial charge in [-0.1, -0.05) is 20.8 Å². The van der Waals surface area contributed by atoms with Gasteiger partial charge in [0.05, 0.1) is 0 Å². The Morgan fingerprint density at radius 3 is 2.64 bits per heavy atom. The molecule has 0 bridgehead atoms. The van der Waals surface area contributed by atoms with Gasteiger partial charge in [-0.3, -0.25) is 0 Å². The average molecular weight is 178 g/mol. The predicted octanol–water partition coefficient (Wildman–Crippen LogP) is 2.45. The zero-order chi connectivity index (χ0) is 7.61. The van der Waals surface area contributed by atoms with Crippen LogP contribution in [0.3, 0.4) is 0 Å². The van der Waals surface area contributed by atoms with Gasteiger partial charge in [-0.25, -0.2) is 0 Å². The minimum atomic E-state index is 0. The second-order valence-electron chi connectivity index (χ2n) is 4.44. The zero-order valence-corrected chi connectivity index (χ0v) is 8.63. The van der Waals surface area contributed by atoms with Crippen LogP contribution in [0.25, 0.3) is 0 Å². The fraction of sp³-hybridized carbons (Fsp3) is 1.00. The molecule has 0 amide bonds. The molecule has 0 aromatic carbocycles. The first-order valence-corrected chi connectivity index (χ1v) is 4.31. The number of rotatable bonds is 0. The first-order valence-electron chi connectivity index (χ1n) is 4.31. The van der Waals surface area contributed by atoms with Crippen molar-refractivity contribution in [3.05, 3.63) is 0 Å². The molecule has 68 valence electrons. The second kappa shape index (κ2) is 4.32. The van der Waals surface area contributed by atoms with Gasteiger partial charge in [-0.2, -0.15) is 0 Å². The van der Waals surface area contributed by atoms with Crippen LogP contribution in [0, 0.1) is 11.3 Å². The molecule has 2 heteroatoms. The highest BCUT2D eigenvalue weighted by Gasteiger charge is 2.22. The quantitative estimate of drug-likeness (QED) is 0.600. The molecule has 1 fully saturated rings. The maximum absolute atomic E-state index is 3.47. The Hall–Kier alpha value is 0.250. The minimum absolute atomic E-state index is 0. The topological polar surface area (TPSA) is 12.0 Å². The number of nitrogens with one attached hydrogen (secondary N) is 1. The molecule has 0 aliphatic carbocycles. The molecule has 11 heavy (non-hydrogen) atoms. The van der Waals surface area contributed by atoms with E-state index in [0.717, 1.165) is 5.92 Å². The van der Waals surface area contributed by atoms with Crippen molar-refractivity contribution >= 4 is 12.4 Å². The van der Waals surface area contributed by atoms with E-state index in [1.165, 1.54) is 25.9 Å². The smallest absolute Gasteiger partial charge is 0.000262 e. The number of halogens is 1. The summed E-state index contributed by atoms with van der Waals surface area (Å²) in [7, 11) is 0. The Morgan fingerprint density at radius 2 is 2.00 bits per heavy atom. The minimum Gasteiger partial charge on any atom is -0.316 e. The van der Waals surface area contributed by atoms with Gasteiger partial charge >= 0.3 is 0 Å². The van der Waals surface area contributed by atoms with Crippen molar-refractivity contribution in [1.82, 2.24) is 5.32 Å². The highest BCUT2D eigenvalue weighted by Crippen LogP contribution is 2.27. The van der Waals surface area contributed by atoms with Gasteiger partial charge in [-0.05, 0) is 30.7 Å². The summed E-state index contributed by atoms with van der Waals surface area (Å²) in [5.41, 5.74) is 0.524. The number of hydrogen-bond donors (Lipinski definition) is 1. The third kappa shape index (κ3) is 3.97. The Kier molecular flexibility index (Phi) is 4.42. The van der Waals surface area contributed by atoms with Crippen molar-refractivity contribution in [1.29, 1.82) is 0 Å². The van der Waals surface area contributed by atoms with E-state index in [1.807, 2.05) is 0 Å². The molecule has 1 atom stereocenters. The van der Waals surface area contributed by atoms with E-state index in [0.29, 0.717) is 5.41 Å². The van der Waals surface area contributed by atoms with E-state index in [2.05, 4.69) is 26.1 Å². The summed E-state index contributed by atoms with van der Waals surface area (Å²) in [6.07, 6.45) is 2.73. The molecule has 0 spiro atoms. The van der Waals surface area contributed by atoms with Crippen molar-refractivity contribution in [3.63, 3.8) is 0 Å². The largest absolute Gasteiger partial charge is 0.316 e. The third-order valence-electron chi connectivity index (χ3n) is 2.32. The summed E-state index contributed by atoms with van der Waals surface area (Å²) >= 11 is 0. The molecule has 1 saturated heterocycles. The van der Waals surface area contributed by atoms with Crippen LogP contribution in [0.5, 0.6) is 0 Å². The van der Waals surface area contributed by atoms with E-state index in [-0.39, 0.29) is 12.4 Å². The highest BCUT2D eigenvalue weighted by molar-refractivity contribution is 5.85. The number of hydrogen-bond acceptors (Lipinski definition) is 1. The molecule has 0 saturated carbocycles. The Balaban J connectivity index is 0.000001000. The normalized spacial score (nSPS) is 30.3. The van der Waals surface area contributed by atoms with Gasteiger partial charge in [0, 0.05) is 6.54 Å². The molecule has 0 radical (unpaired) electrons. The summed E-state index contributed by atoms with van der Waals surface area (Å²) in [6.45, 7) is 9.46. The molecule has 1 unspecified atom stereocenters. The highest BCUT2D eigenvalue weighted by atomic mass is 35.5. The summed E-state index contributed by atoms with van der Waals surface area (Å²) < 4.78 is 0. The van der Waals surface area contributed by atoms with Crippen LogP contribution in [-0.2, 0) is 0 Å². The van der Waals surface area contributed by atoms with Gasteiger partial charge < -0.3 is 5.32 Å². The van der Waals surface area contributed by atoms with Gasteiger partial charge in [0.15, 0.2) is 0 Å². The molecular weight excluding hydrogens is 158 g/mol. The molecule has 1 nitrogen and oxygen atoms in total.